The SMILES string of the molecule is CCCCC[C@@H](C)NC(=O)CSc1nc(N)cc(N)c1C#N. The summed E-state index contributed by atoms with van der Waals surface area (Å²) in [6.07, 6.45) is 4.41. The Morgan fingerprint density at radius 2 is 2.23 bits per heavy atom. The molecule has 6 nitrogen and oxygen atoms in total. The molecule has 1 heterocycles. The Morgan fingerprint density at radius 1 is 1.50 bits per heavy atom. The van der Waals surface area contributed by atoms with E-state index < -0.39 is 0 Å². The Kier molecular flexibility index (Phi) is 7.54. The van der Waals surface area contributed by atoms with Gasteiger partial charge in [-0.1, -0.05) is 37.9 Å². The molecule has 1 atom stereocenters. The highest BCUT2D eigenvalue weighted by molar-refractivity contribution is 8.00. The number of hydrogen-bond acceptors (Lipinski definition) is 6. The maximum absolute atomic E-state index is 11.9. The van der Waals surface area contributed by atoms with Crippen molar-refractivity contribution >= 4 is 29.2 Å². The number of nitrogens with one attached hydrogen (secondary N) is 1. The van der Waals surface area contributed by atoms with E-state index in [1.54, 1.807) is 0 Å². The normalized spacial score (nSPS) is 11.7. The van der Waals surface area contributed by atoms with Gasteiger partial charge in [0.15, 0.2) is 0 Å². The predicted octanol–water partition coefficient (Wildman–Crippen LogP) is 2.29. The van der Waals surface area contributed by atoms with Crippen LogP contribution in [0.2, 0.25) is 0 Å². The molecule has 0 aromatic carbocycles. The monoisotopic (exact) mass is 321 g/mol. The van der Waals surface area contributed by atoms with Gasteiger partial charge < -0.3 is 16.8 Å². The molecule has 120 valence electrons. The topological polar surface area (TPSA) is 118 Å². The first kappa shape index (κ1) is 18.1. The summed E-state index contributed by atoms with van der Waals surface area (Å²) in [5, 5.41) is 12.4. The number of pyridine rings is 1. The quantitative estimate of drug-likeness (QED) is 0.499. The van der Waals surface area contributed by atoms with Gasteiger partial charge in [0, 0.05) is 12.1 Å². The Labute approximate surface area is 135 Å². The number of nitrogen functional groups attached to an aromatic ring is 2. The minimum absolute atomic E-state index is 0.0827. The van der Waals surface area contributed by atoms with Gasteiger partial charge >= 0.3 is 0 Å². The molecular formula is C15H23N5OS. The second-order valence-electron chi connectivity index (χ2n) is 5.18. The lowest BCUT2D eigenvalue weighted by Gasteiger charge is -2.13. The van der Waals surface area contributed by atoms with Crippen LogP contribution >= 0.6 is 11.8 Å². The van der Waals surface area contributed by atoms with Crippen LogP contribution < -0.4 is 16.8 Å². The maximum Gasteiger partial charge on any atom is 0.230 e. The molecule has 0 aliphatic heterocycles. The number of rotatable bonds is 8. The molecule has 0 aliphatic carbocycles. The summed E-state index contributed by atoms with van der Waals surface area (Å²) >= 11 is 1.17. The van der Waals surface area contributed by atoms with Crippen molar-refractivity contribution in [2.75, 3.05) is 17.2 Å². The average molecular weight is 321 g/mol. The van der Waals surface area contributed by atoms with Gasteiger partial charge in [0.1, 0.15) is 22.5 Å². The molecule has 1 amide bonds. The molecule has 5 N–H and O–H groups in total. The van der Waals surface area contributed by atoms with E-state index in [1.165, 1.54) is 24.2 Å². The van der Waals surface area contributed by atoms with Gasteiger partial charge in [-0.15, -0.1) is 0 Å². The van der Waals surface area contributed by atoms with E-state index in [0.29, 0.717) is 5.03 Å². The number of aromatic nitrogens is 1. The van der Waals surface area contributed by atoms with Gasteiger partial charge in [-0.2, -0.15) is 5.26 Å². The summed E-state index contributed by atoms with van der Waals surface area (Å²) in [6, 6.07) is 3.58. The van der Waals surface area contributed by atoms with Crippen LogP contribution in [0.5, 0.6) is 0 Å². The molecule has 0 aliphatic rings. The zero-order valence-corrected chi connectivity index (χ0v) is 13.9. The highest BCUT2D eigenvalue weighted by Crippen LogP contribution is 2.26. The lowest BCUT2D eigenvalue weighted by atomic mass is 10.1. The second kappa shape index (κ2) is 9.15. The van der Waals surface area contributed by atoms with Gasteiger partial charge in [-0.05, 0) is 13.3 Å². The molecule has 1 rings (SSSR count). The Morgan fingerprint density at radius 3 is 2.86 bits per heavy atom. The Hall–Kier alpha value is -1.94. The molecular weight excluding hydrogens is 298 g/mol. The number of amides is 1. The van der Waals surface area contributed by atoms with Gasteiger partial charge in [-0.25, -0.2) is 4.98 Å². The van der Waals surface area contributed by atoms with Gasteiger partial charge in [0.25, 0.3) is 0 Å². The fourth-order valence-electron chi connectivity index (χ4n) is 2.00. The summed E-state index contributed by atoms with van der Waals surface area (Å²) in [7, 11) is 0. The molecule has 0 spiro atoms. The minimum atomic E-state index is -0.0827. The molecule has 0 bridgehead atoms. The van der Waals surface area contributed by atoms with Crippen molar-refractivity contribution in [3.8, 4) is 6.07 Å². The zero-order valence-electron chi connectivity index (χ0n) is 13.1. The number of nitrogens with two attached hydrogens (primary N) is 2. The number of unbranched alkanes of at least 4 members (excludes halogenated alkanes) is 2. The van der Waals surface area contributed by atoms with Crippen LogP contribution in [0.15, 0.2) is 11.1 Å². The van der Waals surface area contributed by atoms with Gasteiger partial charge in [-0.3, -0.25) is 4.79 Å². The number of carbonyl (C=O) groups is 1. The van der Waals surface area contributed by atoms with E-state index in [-0.39, 0.29) is 34.8 Å². The molecule has 1 aromatic heterocycles. The fraction of sp³-hybridized carbons (Fsp3) is 0.533. The fourth-order valence-corrected chi connectivity index (χ4v) is 2.83. The van der Waals surface area contributed by atoms with E-state index in [1.807, 2.05) is 13.0 Å². The standard InChI is InChI=1S/C15H23N5OS/c1-3-4-5-6-10(2)19-14(21)9-22-15-11(8-16)12(17)7-13(18)20-15/h7,10H,3-6,9H2,1-2H3,(H,19,21)(H4,17,18,20)/t10-/m1/s1. The smallest absolute Gasteiger partial charge is 0.230 e. The van der Waals surface area contributed by atoms with Crippen molar-refractivity contribution in [1.82, 2.24) is 10.3 Å². The van der Waals surface area contributed by atoms with E-state index in [0.717, 1.165) is 19.3 Å². The number of anilines is 2. The average Bonchev–Trinajstić information content (AvgIpc) is 2.45. The van der Waals surface area contributed by atoms with Crippen molar-refractivity contribution in [3.05, 3.63) is 11.6 Å². The number of thioether (sulfide) groups is 1. The molecule has 22 heavy (non-hydrogen) atoms. The van der Waals surface area contributed by atoms with E-state index in [2.05, 4.69) is 17.2 Å². The molecule has 0 radical (unpaired) electrons. The lowest BCUT2D eigenvalue weighted by Crippen LogP contribution is -2.33. The van der Waals surface area contributed by atoms with Crippen LogP contribution in [-0.4, -0.2) is 22.7 Å². The predicted molar refractivity (Wildman–Crippen MR) is 90.2 cm³/mol. The third-order valence-corrected chi connectivity index (χ3v) is 4.11. The Balaban J connectivity index is 2.53. The largest absolute Gasteiger partial charge is 0.397 e. The summed E-state index contributed by atoms with van der Waals surface area (Å²) < 4.78 is 0. The number of hydrogen-bond donors (Lipinski definition) is 3. The van der Waals surface area contributed by atoms with Crippen molar-refractivity contribution in [1.29, 1.82) is 5.26 Å². The summed E-state index contributed by atoms with van der Waals surface area (Å²) in [4.78, 5) is 16.0. The van der Waals surface area contributed by atoms with Crippen LogP contribution in [0.4, 0.5) is 11.5 Å². The van der Waals surface area contributed by atoms with Crippen LogP contribution in [0, 0.1) is 11.3 Å². The number of nitriles is 1. The van der Waals surface area contributed by atoms with Crippen molar-refractivity contribution in [2.24, 2.45) is 0 Å². The van der Waals surface area contributed by atoms with Crippen molar-refractivity contribution in [2.45, 2.75) is 50.6 Å². The number of nitrogens with zero attached hydrogens (tertiary/aromatic N) is 2. The van der Waals surface area contributed by atoms with Crippen LogP contribution in [0.3, 0.4) is 0 Å². The Bertz CT molecular complexity index is 556. The highest BCUT2D eigenvalue weighted by Gasteiger charge is 2.13. The maximum atomic E-state index is 11.9. The highest BCUT2D eigenvalue weighted by atomic mass is 32.2. The zero-order chi connectivity index (χ0) is 16.5. The van der Waals surface area contributed by atoms with E-state index in [4.69, 9.17) is 16.7 Å². The third-order valence-electron chi connectivity index (χ3n) is 3.14. The van der Waals surface area contributed by atoms with Gasteiger partial charge in [0.2, 0.25) is 5.91 Å². The molecule has 1 aromatic rings. The second-order valence-corrected chi connectivity index (χ2v) is 6.15. The molecule has 0 saturated carbocycles. The first-order chi connectivity index (χ1) is 10.5. The minimum Gasteiger partial charge on any atom is -0.397 e. The van der Waals surface area contributed by atoms with Crippen LogP contribution in [-0.2, 0) is 4.79 Å². The van der Waals surface area contributed by atoms with Crippen LogP contribution in [0.1, 0.15) is 45.1 Å². The molecule has 0 fully saturated rings. The van der Waals surface area contributed by atoms with Crippen molar-refractivity contribution in [3.63, 3.8) is 0 Å². The van der Waals surface area contributed by atoms with Crippen LogP contribution in [0.25, 0.3) is 0 Å². The lowest BCUT2D eigenvalue weighted by molar-refractivity contribution is -0.119. The summed E-state index contributed by atoms with van der Waals surface area (Å²) in [6.45, 7) is 4.15. The first-order valence-electron chi connectivity index (χ1n) is 7.36. The van der Waals surface area contributed by atoms with E-state index in [9.17, 15) is 4.79 Å². The van der Waals surface area contributed by atoms with E-state index >= 15 is 0 Å². The molecule has 7 heteroatoms. The third kappa shape index (κ3) is 5.82. The van der Waals surface area contributed by atoms with Crippen molar-refractivity contribution < 1.29 is 4.79 Å². The first-order valence-corrected chi connectivity index (χ1v) is 8.34. The summed E-state index contributed by atoms with van der Waals surface area (Å²) in [5.41, 5.74) is 11.9. The number of carbonyl (C=O) groups excluding carboxylic acids is 1. The molecule has 0 saturated heterocycles. The molecule has 0 unspecified atom stereocenters. The van der Waals surface area contributed by atoms with Gasteiger partial charge in [0.05, 0.1) is 11.4 Å². The summed E-state index contributed by atoms with van der Waals surface area (Å²) in [5.74, 6) is 0.343.